The van der Waals surface area contributed by atoms with Crippen molar-refractivity contribution in [2.24, 2.45) is 17.5 Å². The lowest BCUT2D eigenvalue weighted by atomic mass is 9.75. The maximum Gasteiger partial charge on any atom is 0.192 e. The maximum absolute atomic E-state index is 5.73. The van der Waals surface area contributed by atoms with Crippen molar-refractivity contribution in [1.82, 2.24) is 25.4 Å². The topological polar surface area (TPSA) is 76.4 Å². The molecule has 7 nitrogen and oxygen atoms in total. The predicted octanol–water partition coefficient (Wildman–Crippen LogP) is 2.92. The molecule has 0 spiro atoms. The third-order valence-electron chi connectivity index (χ3n) is 5.76. The largest absolute Gasteiger partial charge is 0.376 e. The van der Waals surface area contributed by atoms with Crippen LogP contribution in [0.1, 0.15) is 64.0 Å². The van der Waals surface area contributed by atoms with Crippen LogP contribution in [0, 0.1) is 12.3 Å². The fourth-order valence-corrected chi connectivity index (χ4v) is 3.64. The van der Waals surface area contributed by atoms with Gasteiger partial charge in [-0.25, -0.2) is 4.99 Å². The van der Waals surface area contributed by atoms with E-state index < -0.39 is 0 Å². The van der Waals surface area contributed by atoms with Crippen LogP contribution in [0.25, 0.3) is 0 Å². The summed E-state index contributed by atoms with van der Waals surface area (Å²) < 4.78 is 7.72. The Morgan fingerprint density at radius 1 is 1.26 bits per heavy atom. The third-order valence-corrected chi connectivity index (χ3v) is 5.76. The molecule has 1 aliphatic carbocycles. The highest BCUT2D eigenvalue weighted by Gasteiger charge is 2.27. The fourth-order valence-electron chi connectivity index (χ4n) is 3.64. The molecule has 0 aromatic carbocycles. The number of hydrogen-bond donors (Lipinski definition) is 2. The van der Waals surface area contributed by atoms with Crippen LogP contribution in [0.4, 0.5) is 0 Å². The van der Waals surface area contributed by atoms with Gasteiger partial charge in [0, 0.05) is 26.2 Å². The Labute approximate surface area is 180 Å². The molecular formula is C19H35IN6O. The first-order chi connectivity index (χ1) is 12.4. The van der Waals surface area contributed by atoms with E-state index in [2.05, 4.69) is 34.7 Å². The molecule has 0 bridgehead atoms. The number of hydrogen-bond acceptors (Lipinski definition) is 4. The first kappa shape index (κ1) is 22.4. The zero-order valence-electron chi connectivity index (χ0n) is 17.1. The summed E-state index contributed by atoms with van der Waals surface area (Å²) in [6.07, 6.45) is 7.47. The molecule has 8 heteroatoms. The molecule has 1 aliphatic heterocycles. The van der Waals surface area contributed by atoms with Crippen molar-refractivity contribution in [1.29, 1.82) is 0 Å². The van der Waals surface area contributed by atoms with E-state index in [4.69, 9.17) is 9.73 Å². The number of nitrogens with zero attached hydrogens (tertiary/aromatic N) is 4. The van der Waals surface area contributed by atoms with Crippen molar-refractivity contribution < 1.29 is 4.74 Å². The first-order valence-corrected chi connectivity index (χ1v) is 9.94. The smallest absolute Gasteiger partial charge is 0.192 e. The first-order valence-electron chi connectivity index (χ1n) is 9.94. The van der Waals surface area contributed by atoms with Gasteiger partial charge in [0.15, 0.2) is 11.8 Å². The molecule has 2 fully saturated rings. The summed E-state index contributed by atoms with van der Waals surface area (Å²) in [4.78, 5) is 4.78. The van der Waals surface area contributed by atoms with Gasteiger partial charge in [-0.05, 0) is 50.9 Å². The van der Waals surface area contributed by atoms with Gasteiger partial charge in [-0.3, -0.25) is 0 Å². The van der Waals surface area contributed by atoms with E-state index in [1.54, 1.807) is 0 Å². The van der Waals surface area contributed by atoms with Gasteiger partial charge in [0.1, 0.15) is 12.4 Å². The lowest BCUT2D eigenvalue weighted by Gasteiger charge is -2.35. The second-order valence-corrected chi connectivity index (χ2v) is 8.49. The highest BCUT2D eigenvalue weighted by Crippen LogP contribution is 2.34. The number of aromatic nitrogens is 3. The summed E-state index contributed by atoms with van der Waals surface area (Å²) in [5.41, 5.74) is 0.469. The van der Waals surface area contributed by atoms with Gasteiger partial charge in [-0.15, -0.1) is 34.2 Å². The molecule has 1 saturated heterocycles. The Kier molecular flexibility index (Phi) is 8.33. The van der Waals surface area contributed by atoms with Crippen LogP contribution in [0.2, 0.25) is 0 Å². The summed E-state index contributed by atoms with van der Waals surface area (Å²) in [6.45, 7) is 8.90. The Morgan fingerprint density at radius 3 is 2.59 bits per heavy atom. The third kappa shape index (κ3) is 6.58. The highest BCUT2D eigenvalue weighted by atomic mass is 127. The van der Waals surface area contributed by atoms with Crippen molar-refractivity contribution >= 4 is 29.9 Å². The molecule has 1 unspecified atom stereocenters. The number of aryl methyl sites for hydroxylation is 1. The zero-order valence-corrected chi connectivity index (χ0v) is 19.5. The summed E-state index contributed by atoms with van der Waals surface area (Å²) in [7, 11) is 1.98. The molecule has 1 saturated carbocycles. The van der Waals surface area contributed by atoms with Crippen molar-refractivity contribution in [2.75, 3.05) is 13.2 Å². The lowest BCUT2D eigenvalue weighted by molar-refractivity contribution is 0.113. The summed E-state index contributed by atoms with van der Waals surface area (Å²) in [6, 6.07) is 0.486. The van der Waals surface area contributed by atoms with Crippen LogP contribution in [0.3, 0.4) is 0 Å². The summed E-state index contributed by atoms with van der Waals surface area (Å²) >= 11 is 0. The minimum Gasteiger partial charge on any atom is -0.376 e. The standard InChI is InChI=1S/C19H34N6O.HI/c1-14-23-24-17(25(14)4)13-21-18(20-12-16-6-5-11-26-16)22-15-7-9-19(2,3)10-8-15;/h15-16H,5-13H2,1-4H3,(H2,20,21,22);1H. The number of aliphatic imine (C=N–C) groups is 1. The maximum atomic E-state index is 5.73. The molecule has 1 atom stereocenters. The van der Waals surface area contributed by atoms with E-state index in [1.165, 1.54) is 25.7 Å². The predicted molar refractivity (Wildman–Crippen MR) is 118 cm³/mol. The number of rotatable bonds is 5. The van der Waals surface area contributed by atoms with E-state index in [0.717, 1.165) is 43.6 Å². The number of ether oxygens (including phenoxy) is 1. The molecule has 154 valence electrons. The number of halogens is 1. The van der Waals surface area contributed by atoms with Crippen LogP contribution in [-0.4, -0.2) is 46.0 Å². The fraction of sp³-hybridized carbons (Fsp3) is 0.842. The minimum atomic E-state index is 0. The monoisotopic (exact) mass is 490 g/mol. The molecule has 1 aromatic heterocycles. The number of guanidine groups is 1. The Hall–Kier alpha value is -0.900. The molecule has 27 heavy (non-hydrogen) atoms. The van der Waals surface area contributed by atoms with Gasteiger partial charge in [-0.2, -0.15) is 0 Å². The molecule has 0 radical (unpaired) electrons. The SMILES string of the molecule is Cc1nnc(CN=C(NCC2CCCO2)NC2CCC(C)(C)CC2)n1C.I. The van der Waals surface area contributed by atoms with Crippen molar-refractivity contribution in [3.8, 4) is 0 Å². The Balaban J connectivity index is 0.00000261. The Morgan fingerprint density at radius 2 is 2.00 bits per heavy atom. The van der Waals surface area contributed by atoms with Gasteiger partial charge >= 0.3 is 0 Å². The minimum absolute atomic E-state index is 0. The molecular weight excluding hydrogens is 455 g/mol. The summed E-state index contributed by atoms with van der Waals surface area (Å²) in [5, 5.41) is 15.5. The highest BCUT2D eigenvalue weighted by molar-refractivity contribution is 14.0. The van der Waals surface area contributed by atoms with Crippen molar-refractivity contribution in [2.45, 2.75) is 78.0 Å². The molecule has 2 aliphatic rings. The quantitative estimate of drug-likeness (QED) is 0.377. The molecule has 0 amide bonds. The van der Waals surface area contributed by atoms with Gasteiger partial charge in [0.2, 0.25) is 0 Å². The van der Waals surface area contributed by atoms with E-state index in [-0.39, 0.29) is 24.0 Å². The average molecular weight is 490 g/mol. The van der Waals surface area contributed by atoms with Crippen molar-refractivity contribution in [3.05, 3.63) is 11.6 Å². The van der Waals surface area contributed by atoms with Crippen molar-refractivity contribution in [3.63, 3.8) is 0 Å². The van der Waals surface area contributed by atoms with Crippen LogP contribution < -0.4 is 10.6 Å². The zero-order chi connectivity index (χ0) is 18.6. The molecule has 1 aromatic rings. The van der Waals surface area contributed by atoms with E-state index in [9.17, 15) is 0 Å². The van der Waals surface area contributed by atoms with Crippen LogP contribution in [0.15, 0.2) is 4.99 Å². The Bertz CT molecular complexity index is 614. The van der Waals surface area contributed by atoms with E-state index in [0.29, 0.717) is 24.1 Å². The van der Waals surface area contributed by atoms with Gasteiger partial charge in [-0.1, -0.05) is 13.8 Å². The molecule has 2 heterocycles. The van der Waals surface area contributed by atoms with Gasteiger partial charge < -0.3 is 19.9 Å². The van der Waals surface area contributed by atoms with Gasteiger partial charge in [0.05, 0.1) is 6.10 Å². The van der Waals surface area contributed by atoms with Gasteiger partial charge in [0.25, 0.3) is 0 Å². The van der Waals surface area contributed by atoms with Crippen LogP contribution in [0.5, 0.6) is 0 Å². The molecule has 2 N–H and O–H groups in total. The number of nitrogens with one attached hydrogen (secondary N) is 2. The second kappa shape index (κ2) is 10.0. The van der Waals surface area contributed by atoms with E-state index in [1.807, 2.05) is 18.5 Å². The van der Waals surface area contributed by atoms with E-state index >= 15 is 0 Å². The average Bonchev–Trinajstić information content (AvgIpc) is 3.23. The van der Waals surface area contributed by atoms with Crippen LogP contribution in [-0.2, 0) is 18.3 Å². The summed E-state index contributed by atoms with van der Waals surface area (Å²) in [5.74, 6) is 2.66. The second-order valence-electron chi connectivity index (χ2n) is 8.49. The van der Waals surface area contributed by atoms with Crippen LogP contribution >= 0.6 is 24.0 Å². The normalized spacial score (nSPS) is 23.1. The lowest BCUT2D eigenvalue weighted by Crippen LogP contribution is -2.47. The molecule has 3 rings (SSSR count).